The Bertz CT molecular complexity index is 901. The fourth-order valence-electron chi connectivity index (χ4n) is 3.04. The maximum Gasteiger partial charge on any atom is 0.416 e. The minimum absolute atomic E-state index is 0.553. The number of nitrogens with zero attached hydrogens (tertiary/aromatic N) is 3. The maximum atomic E-state index is 12.7. The number of aromatic nitrogens is 3. The molecule has 0 radical (unpaired) electrons. The highest BCUT2D eigenvalue weighted by atomic mass is 19.4. The van der Waals surface area contributed by atoms with E-state index in [1.165, 1.54) is 12.1 Å². The van der Waals surface area contributed by atoms with Crippen molar-refractivity contribution in [2.24, 2.45) is 0 Å². The van der Waals surface area contributed by atoms with Crippen molar-refractivity contribution in [2.75, 3.05) is 11.9 Å². The lowest BCUT2D eigenvalue weighted by atomic mass is 10.1. The van der Waals surface area contributed by atoms with Gasteiger partial charge in [0.25, 0.3) is 0 Å². The van der Waals surface area contributed by atoms with Crippen LogP contribution in [0.1, 0.15) is 11.3 Å². The summed E-state index contributed by atoms with van der Waals surface area (Å²) in [5.41, 5.74) is 2.80. The van der Waals surface area contributed by atoms with Gasteiger partial charge in [0.2, 0.25) is 0 Å². The van der Waals surface area contributed by atoms with Crippen molar-refractivity contribution in [1.29, 1.82) is 0 Å². The molecule has 0 unspecified atom stereocenters. The molecule has 0 amide bonds. The van der Waals surface area contributed by atoms with Crippen molar-refractivity contribution in [2.45, 2.75) is 19.3 Å². The number of pyridine rings is 1. The Labute approximate surface area is 147 Å². The molecule has 8 heteroatoms. The standard InChI is InChI=1S/C18H16F3N5/c19-18(20,21)13-1-3-14(4-2-13)24-17-16(12-5-7-22-8-6-12)15-11-23-9-10-26(15)25-17/h1-8,23H,9-11H2,(H,24,25). The number of benzene rings is 1. The van der Waals surface area contributed by atoms with Gasteiger partial charge in [-0.15, -0.1) is 0 Å². The predicted octanol–water partition coefficient (Wildman–Crippen LogP) is 3.81. The Balaban J connectivity index is 1.71. The van der Waals surface area contributed by atoms with Gasteiger partial charge in [0.15, 0.2) is 5.82 Å². The van der Waals surface area contributed by atoms with Gasteiger partial charge in [-0.05, 0) is 42.0 Å². The molecule has 2 aromatic heterocycles. The molecule has 26 heavy (non-hydrogen) atoms. The maximum absolute atomic E-state index is 12.7. The molecule has 3 heterocycles. The lowest BCUT2D eigenvalue weighted by molar-refractivity contribution is -0.137. The molecule has 5 nitrogen and oxygen atoms in total. The van der Waals surface area contributed by atoms with Crippen LogP contribution in [0.5, 0.6) is 0 Å². The number of hydrogen-bond donors (Lipinski definition) is 2. The quantitative estimate of drug-likeness (QED) is 0.747. The number of fused-ring (bicyclic) bond motifs is 1. The topological polar surface area (TPSA) is 54.8 Å². The molecule has 1 aromatic carbocycles. The van der Waals surface area contributed by atoms with Gasteiger partial charge < -0.3 is 10.6 Å². The van der Waals surface area contributed by atoms with E-state index >= 15 is 0 Å². The summed E-state index contributed by atoms with van der Waals surface area (Å²) >= 11 is 0. The van der Waals surface area contributed by atoms with Crippen molar-refractivity contribution >= 4 is 11.5 Å². The van der Waals surface area contributed by atoms with Crippen molar-refractivity contribution in [3.8, 4) is 11.1 Å². The predicted molar refractivity (Wildman–Crippen MR) is 91.9 cm³/mol. The molecule has 4 rings (SSSR count). The second kappa shape index (κ2) is 6.45. The van der Waals surface area contributed by atoms with Gasteiger partial charge in [0.05, 0.1) is 17.8 Å². The first-order chi connectivity index (χ1) is 12.5. The average Bonchev–Trinajstić information content (AvgIpc) is 3.00. The van der Waals surface area contributed by atoms with Crippen LogP contribution in [-0.4, -0.2) is 21.3 Å². The van der Waals surface area contributed by atoms with Crippen molar-refractivity contribution < 1.29 is 13.2 Å². The van der Waals surface area contributed by atoms with E-state index in [0.717, 1.165) is 42.0 Å². The molecule has 1 aliphatic rings. The number of nitrogens with one attached hydrogen (secondary N) is 2. The highest BCUT2D eigenvalue weighted by Gasteiger charge is 2.30. The van der Waals surface area contributed by atoms with Crippen LogP contribution in [0.15, 0.2) is 48.8 Å². The molecule has 1 aliphatic heterocycles. The fourth-order valence-corrected chi connectivity index (χ4v) is 3.04. The zero-order valence-corrected chi connectivity index (χ0v) is 13.7. The Morgan fingerprint density at radius 3 is 2.46 bits per heavy atom. The van der Waals surface area contributed by atoms with Gasteiger partial charge >= 0.3 is 6.18 Å². The molecule has 3 aromatic rings. The Kier molecular flexibility index (Phi) is 4.12. The highest BCUT2D eigenvalue weighted by molar-refractivity contribution is 5.80. The first kappa shape index (κ1) is 16.6. The average molecular weight is 359 g/mol. The van der Waals surface area contributed by atoms with Crippen LogP contribution in [0, 0.1) is 0 Å². The summed E-state index contributed by atoms with van der Waals surface area (Å²) in [6.45, 7) is 2.24. The second-order valence-electron chi connectivity index (χ2n) is 6.01. The van der Waals surface area contributed by atoms with E-state index in [0.29, 0.717) is 18.1 Å². The summed E-state index contributed by atoms with van der Waals surface area (Å²) in [5.74, 6) is 0.620. The molecule has 0 fully saturated rings. The van der Waals surface area contributed by atoms with Crippen molar-refractivity contribution in [3.63, 3.8) is 0 Å². The van der Waals surface area contributed by atoms with Crippen LogP contribution in [0.2, 0.25) is 0 Å². The Morgan fingerprint density at radius 1 is 1.04 bits per heavy atom. The number of hydrogen-bond acceptors (Lipinski definition) is 4. The fraction of sp³-hybridized carbons (Fsp3) is 0.222. The van der Waals surface area contributed by atoms with Crippen LogP contribution in [0.4, 0.5) is 24.7 Å². The molecule has 0 aliphatic carbocycles. The van der Waals surface area contributed by atoms with Crippen LogP contribution in [0.3, 0.4) is 0 Å². The van der Waals surface area contributed by atoms with E-state index in [9.17, 15) is 13.2 Å². The molecule has 0 bridgehead atoms. The molecular formula is C18H16F3N5. The number of halogens is 3. The lowest BCUT2D eigenvalue weighted by Gasteiger charge is -2.16. The SMILES string of the molecule is FC(F)(F)c1ccc(Nc2nn3c(c2-c2ccncc2)CNCC3)cc1. The van der Waals surface area contributed by atoms with Crippen LogP contribution < -0.4 is 10.6 Å². The minimum atomic E-state index is -4.35. The van der Waals surface area contributed by atoms with E-state index < -0.39 is 11.7 Å². The Hall–Kier alpha value is -2.87. The van der Waals surface area contributed by atoms with E-state index in [2.05, 4.69) is 20.7 Å². The molecule has 2 N–H and O–H groups in total. The molecular weight excluding hydrogens is 343 g/mol. The van der Waals surface area contributed by atoms with Crippen LogP contribution >= 0.6 is 0 Å². The van der Waals surface area contributed by atoms with Crippen molar-refractivity contribution in [3.05, 3.63) is 60.0 Å². The summed E-state index contributed by atoms with van der Waals surface area (Å²) in [4.78, 5) is 4.04. The highest BCUT2D eigenvalue weighted by Crippen LogP contribution is 2.35. The molecule has 134 valence electrons. The normalized spacial score (nSPS) is 14.1. The summed E-state index contributed by atoms with van der Waals surface area (Å²) in [6, 6.07) is 8.73. The molecule has 0 atom stereocenters. The number of alkyl halides is 3. The molecule has 0 saturated heterocycles. The third-order valence-corrected chi connectivity index (χ3v) is 4.29. The van der Waals surface area contributed by atoms with Gasteiger partial charge in [0.1, 0.15) is 0 Å². The number of rotatable bonds is 3. The van der Waals surface area contributed by atoms with Crippen molar-refractivity contribution in [1.82, 2.24) is 20.1 Å². The third kappa shape index (κ3) is 3.15. The van der Waals surface area contributed by atoms with E-state index in [-0.39, 0.29) is 0 Å². The zero-order chi connectivity index (χ0) is 18.1. The monoisotopic (exact) mass is 359 g/mol. The van der Waals surface area contributed by atoms with E-state index in [1.807, 2.05) is 16.8 Å². The summed E-state index contributed by atoms with van der Waals surface area (Å²) < 4.78 is 40.1. The summed E-state index contributed by atoms with van der Waals surface area (Å²) in [7, 11) is 0. The van der Waals surface area contributed by atoms with Crippen LogP contribution in [0.25, 0.3) is 11.1 Å². The zero-order valence-electron chi connectivity index (χ0n) is 13.7. The third-order valence-electron chi connectivity index (χ3n) is 4.29. The first-order valence-electron chi connectivity index (χ1n) is 8.17. The van der Waals surface area contributed by atoms with E-state index in [1.54, 1.807) is 12.4 Å². The van der Waals surface area contributed by atoms with Gasteiger partial charge in [-0.25, -0.2) is 0 Å². The Morgan fingerprint density at radius 2 is 1.77 bits per heavy atom. The smallest absolute Gasteiger partial charge is 0.338 e. The van der Waals surface area contributed by atoms with Gasteiger partial charge in [-0.1, -0.05) is 0 Å². The van der Waals surface area contributed by atoms with Gasteiger partial charge in [-0.2, -0.15) is 18.3 Å². The number of anilines is 2. The first-order valence-corrected chi connectivity index (χ1v) is 8.17. The van der Waals surface area contributed by atoms with Gasteiger partial charge in [0, 0.05) is 36.7 Å². The van der Waals surface area contributed by atoms with Crippen LogP contribution in [-0.2, 0) is 19.3 Å². The van der Waals surface area contributed by atoms with Gasteiger partial charge in [-0.3, -0.25) is 9.67 Å². The second-order valence-corrected chi connectivity index (χ2v) is 6.01. The summed E-state index contributed by atoms with van der Waals surface area (Å²) in [6.07, 6.45) is -0.936. The minimum Gasteiger partial charge on any atom is -0.338 e. The van der Waals surface area contributed by atoms with E-state index in [4.69, 9.17) is 0 Å². The summed E-state index contributed by atoms with van der Waals surface area (Å²) in [5, 5.41) is 11.1. The molecule has 0 saturated carbocycles. The largest absolute Gasteiger partial charge is 0.416 e. The molecule has 0 spiro atoms. The lowest BCUT2D eigenvalue weighted by Crippen LogP contribution is -2.28.